The molecular formula is C20H22ClN3O. The summed E-state index contributed by atoms with van der Waals surface area (Å²) >= 11 is 6.11. The molecule has 0 spiro atoms. The van der Waals surface area contributed by atoms with E-state index in [9.17, 15) is 4.79 Å². The Balaban J connectivity index is 1.62. The van der Waals surface area contributed by atoms with E-state index in [-0.39, 0.29) is 5.91 Å². The van der Waals surface area contributed by atoms with E-state index >= 15 is 0 Å². The minimum atomic E-state index is -0.0220. The highest BCUT2D eigenvalue weighted by Crippen LogP contribution is 2.17. The van der Waals surface area contributed by atoms with Crippen LogP contribution in [0.3, 0.4) is 0 Å². The van der Waals surface area contributed by atoms with Crippen LogP contribution in [0.4, 0.5) is 0 Å². The molecule has 0 unspecified atom stereocenters. The fourth-order valence-electron chi connectivity index (χ4n) is 2.98. The number of hydrogen-bond donors (Lipinski definition) is 1. The van der Waals surface area contributed by atoms with Crippen molar-refractivity contribution >= 4 is 28.5 Å². The van der Waals surface area contributed by atoms with Crippen molar-refractivity contribution in [3.63, 3.8) is 0 Å². The van der Waals surface area contributed by atoms with Crippen LogP contribution in [0.5, 0.6) is 0 Å². The van der Waals surface area contributed by atoms with Crippen molar-refractivity contribution in [1.82, 2.24) is 14.9 Å². The molecule has 0 aliphatic carbocycles. The van der Waals surface area contributed by atoms with Crippen LogP contribution in [-0.2, 0) is 24.2 Å². The molecule has 3 aromatic rings. The van der Waals surface area contributed by atoms with Crippen LogP contribution in [0.25, 0.3) is 11.0 Å². The predicted molar refractivity (Wildman–Crippen MR) is 102 cm³/mol. The number of carbonyl (C=O) groups excluding carboxylic acids is 1. The van der Waals surface area contributed by atoms with Crippen LogP contribution < -0.4 is 5.32 Å². The maximum Gasteiger partial charge on any atom is 0.224 e. The summed E-state index contributed by atoms with van der Waals surface area (Å²) in [7, 11) is 0. The third-order valence-electron chi connectivity index (χ3n) is 4.16. The van der Waals surface area contributed by atoms with E-state index in [1.54, 1.807) is 6.07 Å². The third kappa shape index (κ3) is 4.20. The smallest absolute Gasteiger partial charge is 0.224 e. The summed E-state index contributed by atoms with van der Waals surface area (Å²) in [5, 5.41) is 3.60. The Labute approximate surface area is 152 Å². The largest absolute Gasteiger partial charge is 0.355 e. The van der Waals surface area contributed by atoms with Crippen molar-refractivity contribution in [3.05, 3.63) is 64.9 Å². The van der Waals surface area contributed by atoms with Crippen molar-refractivity contribution < 1.29 is 4.79 Å². The van der Waals surface area contributed by atoms with Gasteiger partial charge in [-0.2, -0.15) is 0 Å². The lowest BCUT2D eigenvalue weighted by Crippen LogP contribution is -2.28. The van der Waals surface area contributed by atoms with Crippen molar-refractivity contribution in [2.45, 2.75) is 32.7 Å². The number of halogens is 1. The molecule has 1 N–H and O–H groups in total. The summed E-state index contributed by atoms with van der Waals surface area (Å²) in [6.07, 6.45) is 2.06. The number of amides is 1. The Kier molecular flexibility index (Phi) is 5.71. The average molecular weight is 356 g/mol. The van der Waals surface area contributed by atoms with Crippen molar-refractivity contribution in [3.8, 4) is 0 Å². The average Bonchev–Trinajstić information content (AvgIpc) is 2.95. The molecule has 0 radical (unpaired) electrons. The highest BCUT2D eigenvalue weighted by molar-refractivity contribution is 6.31. The molecule has 0 saturated heterocycles. The molecule has 0 atom stereocenters. The standard InChI is InChI=1S/C20H22ClN3O/c1-2-13-24-18-10-6-5-9-17(18)23-19(24)11-12-22-20(25)14-15-7-3-4-8-16(15)21/h3-10H,2,11-14H2,1H3,(H,22,25). The van der Waals surface area contributed by atoms with Crippen molar-refractivity contribution in [2.24, 2.45) is 0 Å². The van der Waals surface area contributed by atoms with Gasteiger partial charge in [-0.25, -0.2) is 4.98 Å². The zero-order chi connectivity index (χ0) is 17.6. The van der Waals surface area contributed by atoms with E-state index < -0.39 is 0 Å². The first-order chi connectivity index (χ1) is 12.2. The second-order valence-electron chi connectivity index (χ2n) is 6.04. The Morgan fingerprint density at radius 2 is 1.92 bits per heavy atom. The number of fused-ring (bicyclic) bond motifs is 1. The normalized spacial score (nSPS) is 11.0. The molecule has 1 aromatic heterocycles. The summed E-state index contributed by atoms with van der Waals surface area (Å²) in [5.74, 6) is 0.993. The van der Waals surface area contributed by atoms with Crippen LogP contribution in [0, 0.1) is 0 Å². The molecule has 2 aromatic carbocycles. The van der Waals surface area contributed by atoms with Gasteiger partial charge in [0.25, 0.3) is 0 Å². The van der Waals surface area contributed by atoms with Gasteiger partial charge in [0.2, 0.25) is 5.91 Å². The van der Waals surface area contributed by atoms with Gasteiger partial charge >= 0.3 is 0 Å². The van der Waals surface area contributed by atoms with Gasteiger partial charge in [-0.1, -0.05) is 48.9 Å². The Morgan fingerprint density at radius 1 is 1.16 bits per heavy atom. The maximum absolute atomic E-state index is 12.1. The van der Waals surface area contributed by atoms with Crippen LogP contribution in [0.2, 0.25) is 5.02 Å². The molecule has 0 aliphatic rings. The van der Waals surface area contributed by atoms with Gasteiger partial charge < -0.3 is 9.88 Å². The quantitative estimate of drug-likeness (QED) is 0.696. The molecule has 4 nitrogen and oxygen atoms in total. The summed E-state index contributed by atoms with van der Waals surface area (Å²) in [4.78, 5) is 16.9. The molecule has 1 heterocycles. The molecule has 0 fully saturated rings. The summed E-state index contributed by atoms with van der Waals surface area (Å²) in [6, 6.07) is 15.6. The first-order valence-electron chi connectivity index (χ1n) is 8.63. The fraction of sp³-hybridized carbons (Fsp3) is 0.300. The number of aryl methyl sites for hydroxylation is 1. The van der Waals surface area contributed by atoms with Gasteiger partial charge in [0.05, 0.1) is 17.5 Å². The highest BCUT2D eigenvalue weighted by atomic mass is 35.5. The maximum atomic E-state index is 12.1. The molecule has 130 valence electrons. The molecule has 25 heavy (non-hydrogen) atoms. The number of hydrogen-bond acceptors (Lipinski definition) is 2. The zero-order valence-corrected chi connectivity index (χ0v) is 15.1. The third-order valence-corrected chi connectivity index (χ3v) is 4.53. The lowest BCUT2D eigenvalue weighted by atomic mass is 10.1. The van der Waals surface area contributed by atoms with Crippen molar-refractivity contribution in [1.29, 1.82) is 0 Å². The monoisotopic (exact) mass is 355 g/mol. The van der Waals surface area contributed by atoms with Gasteiger partial charge in [0.1, 0.15) is 5.82 Å². The van der Waals surface area contributed by atoms with E-state index in [2.05, 4.69) is 22.9 Å². The Bertz CT molecular complexity index is 872. The van der Waals surface area contributed by atoms with Gasteiger partial charge in [-0.3, -0.25) is 4.79 Å². The second kappa shape index (κ2) is 8.17. The number of imidazole rings is 1. The highest BCUT2D eigenvalue weighted by Gasteiger charge is 2.11. The van der Waals surface area contributed by atoms with Gasteiger partial charge in [-0.05, 0) is 30.2 Å². The van der Waals surface area contributed by atoms with Crippen LogP contribution in [0.1, 0.15) is 24.7 Å². The lowest BCUT2D eigenvalue weighted by Gasteiger charge is -2.09. The van der Waals surface area contributed by atoms with Crippen molar-refractivity contribution in [2.75, 3.05) is 6.54 Å². The topological polar surface area (TPSA) is 46.9 Å². The number of benzene rings is 2. The van der Waals surface area contributed by atoms with E-state index in [4.69, 9.17) is 16.6 Å². The summed E-state index contributed by atoms with van der Waals surface area (Å²) in [5.41, 5.74) is 3.01. The second-order valence-corrected chi connectivity index (χ2v) is 6.44. The lowest BCUT2D eigenvalue weighted by molar-refractivity contribution is -0.120. The number of nitrogens with zero attached hydrogens (tertiary/aromatic N) is 2. The number of nitrogens with one attached hydrogen (secondary N) is 1. The summed E-state index contributed by atoms with van der Waals surface area (Å²) in [6.45, 7) is 3.66. The minimum absolute atomic E-state index is 0.0220. The van der Waals surface area contributed by atoms with Crippen LogP contribution in [-0.4, -0.2) is 22.0 Å². The molecule has 0 saturated carbocycles. The van der Waals surface area contributed by atoms with Crippen LogP contribution >= 0.6 is 11.6 Å². The first kappa shape index (κ1) is 17.5. The van der Waals surface area contributed by atoms with Gasteiger partial charge in [0.15, 0.2) is 0 Å². The molecular weight excluding hydrogens is 334 g/mol. The first-order valence-corrected chi connectivity index (χ1v) is 9.01. The number of rotatable bonds is 7. The van der Waals surface area contributed by atoms with E-state index in [0.717, 1.165) is 35.4 Å². The minimum Gasteiger partial charge on any atom is -0.355 e. The molecule has 5 heteroatoms. The molecule has 0 aliphatic heterocycles. The number of aromatic nitrogens is 2. The number of para-hydroxylation sites is 2. The predicted octanol–water partition coefficient (Wildman–Crippen LogP) is 4.00. The SMILES string of the molecule is CCCn1c(CCNC(=O)Cc2ccccc2Cl)nc2ccccc21. The van der Waals surface area contributed by atoms with E-state index in [1.165, 1.54) is 0 Å². The van der Waals surface area contributed by atoms with E-state index in [1.807, 2.05) is 36.4 Å². The van der Waals surface area contributed by atoms with Gasteiger partial charge in [0, 0.05) is 24.5 Å². The molecule has 0 bridgehead atoms. The Hall–Kier alpha value is -2.33. The fourth-order valence-corrected chi connectivity index (χ4v) is 3.18. The summed E-state index contributed by atoms with van der Waals surface area (Å²) < 4.78 is 2.25. The molecule has 1 amide bonds. The van der Waals surface area contributed by atoms with Crippen LogP contribution in [0.15, 0.2) is 48.5 Å². The number of carbonyl (C=O) groups is 1. The van der Waals surface area contributed by atoms with Gasteiger partial charge in [-0.15, -0.1) is 0 Å². The molecule has 3 rings (SSSR count). The Morgan fingerprint density at radius 3 is 2.72 bits per heavy atom. The zero-order valence-electron chi connectivity index (χ0n) is 14.3. The van der Waals surface area contributed by atoms with E-state index in [0.29, 0.717) is 24.4 Å².